The number of benzene rings is 1. The van der Waals surface area contributed by atoms with Crippen molar-refractivity contribution < 1.29 is 23.9 Å². The van der Waals surface area contributed by atoms with Crippen molar-refractivity contribution in [3.8, 4) is 11.5 Å². The SMILES string of the molecule is C=CCOc1c(Cl)cc(/C=C2\SC(=O)N(CC(=O)NCCC)C2=O)cc1OC. The summed E-state index contributed by atoms with van der Waals surface area (Å²) >= 11 is 7.02. The Labute approximate surface area is 172 Å². The summed E-state index contributed by atoms with van der Waals surface area (Å²) in [5.41, 5.74) is 0.564. The van der Waals surface area contributed by atoms with Crippen molar-refractivity contribution in [2.75, 3.05) is 26.8 Å². The zero-order valence-electron chi connectivity index (χ0n) is 15.6. The number of hydrogen-bond acceptors (Lipinski definition) is 6. The molecule has 0 atom stereocenters. The van der Waals surface area contributed by atoms with Crippen molar-refractivity contribution in [1.82, 2.24) is 10.2 Å². The van der Waals surface area contributed by atoms with Gasteiger partial charge in [-0.25, -0.2) is 0 Å². The molecule has 1 saturated heterocycles. The predicted molar refractivity (Wildman–Crippen MR) is 110 cm³/mol. The van der Waals surface area contributed by atoms with Gasteiger partial charge in [-0.1, -0.05) is 31.2 Å². The lowest BCUT2D eigenvalue weighted by atomic mass is 10.1. The second-order valence-corrected chi connectivity index (χ2v) is 7.15. The quantitative estimate of drug-likeness (QED) is 0.482. The first-order chi connectivity index (χ1) is 13.4. The molecule has 9 heteroatoms. The molecule has 1 N–H and O–H groups in total. The number of carbonyl (C=O) groups excluding carboxylic acids is 3. The molecular weight excluding hydrogens is 404 g/mol. The van der Waals surface area contributed by atoms with Crippen molar-refractivity contribution in [1.29, 1.82) is 0 Å². The van der Waals surface area contributed by atoms with Gasteiger partial charge in [0, 0.05) is 6.54 Å². The van der Waals surface area contributed by atoms with E-state index in [1.165, 1.54) is 13.2 Å². The highest BCUT2D eigenvalue weighted by atomic mass is 35.5. The first-order valence-corrected chi connectivity index (χ1v) is 9.74. The number of carbonyl (C=O) groups is 3. The molecule has 1 fully saturated rings. The molecule has 0 bridgehead atoms. The summed E-state index contributed by atoms with van der Waals surface area (Å²) in [7, 11) is 1.47. The van der Waals surface area contributed by atoms with Crippen molar-refractivity contribution in [3.63, 3.8) is 0 Å². The lowest BCUT2D eigenvalue weighted by molar-refractivity contribution is -0.129. The Morgan fingerprint density at radius 3 is 2.79 bits per heavy atom. The van der Waals surface area contributed by atoms with E-state index in [1.807, 2.05) is 6.92 Å². The van der Waals surface area contributed by atoms with Gasteiger partial charge in [-0.3, -0.25) is 19.3 Å². The number of ether oxygens (including phenoxy) is 2. The monoisotopic (exact) mass is 424 g/mol. The molecule has 0 aliphatic carbocycles. The maximum atomic E-state index is 12.5. The summed E-state index contributed by atoms with van der Waals surface area (Å²) in [4.78, 5) is 37.6. The van der Waals surface area contributed by atoms with Crippen molar-refractivity contribution in [2.45, 2.75) is 13.3 Å². The van der Waals surface area contributed by atoms with E-state index in [0.29, 0.717) is 28.6 Å². The number of imide groups is 1. The largest absolute Gasteiger partial charge is 0.493 e. The minimum Gasteiger partial charge on any atom is -0.493 e. The molecule has 3 amide bonds. The molecule has 0 radical (unpaired) electrons. The number of nitrogens with zero attached hydrogens (tertiary/aromatic N) is 1. The van der Waals surface area contributed by atoms with Crippen LogP contribution in [0.15, 0.2) is 29.7 Å². The van der Waals surface area contributed by atoms with Gasteiger partial charge in [-0.15, -0.1) is 0 Å². The summed E-state index contributed by atoms with van der Waals surface area (Å²) in [5, 5.41) is 2.44. The third-order valence-corrected chi connectivity index (χ3v) is 4.83. The van der Waals surface area contributed by atoms with Crippen molar-refractivity contribution in [3.05, 3.63) is 40.3 Å². The predicted octanol–water partition coefficient (Wildman–Crippen LogP) is 3.48. The summed E-state index contributed by atoms with van der Waals surface area (Å²) < 4.78 is 10.8. The smallest absolute Gasteiger partial charge is 0.294 e. The van der Waals surface area contributed by atoms with Gasteiger partial charge in [0.05, 0.1) is 17.0 Å². The number of nitrogens with one attached hydrogen (secondary N) is 1. The molecule has 0 unspecified atom stereocenters. The molecule has 2 rings (SSSR count). The molecule has 1 aromatic carbocycles. The first-order valence-electron chi connectivity index (χ1n) is 8.54. The summed E-state index contributed by atoms with van der Waals surface area (Å²) in [6.45, 7) is 5.94. The number of methoxy groups -OCH3 is 1. The van der Waals surface area contributed by atoms with Crippen LogP contribution in [0, 0.1) is 0 Å². The van der Waals surface area contributed by atoms with Crippen LogP contribution in [-0.2, 0) is 9.59 Å². The first kappa shape index (κ1) is 21.8. The standard InChI is InChI=1S/C19H21ClN2O5S/c1-4-6-21-16(23)11-22-18(24)15(28-19(22)25)10-12-8-13(20)17(27-7-5-2)14(9-12)26-3/h5,8-10H,2,4,6-7,11H2,1,3H3,(H,21,23)/b15-10-. The number of thioether (sulfide) groups is 1. The Kier molecular flexibility index (Phi) is 7.95. The van der Waals surface area contributed by atoms with Gasteiger partial charge in [0.25, 0.3) is 11.1 Å². The maximum Gasteiger partial charge on any atom is 0.294 e. The third kappa shape index (κ3) is 5.30. The fourth-order valence-electron chi connectivity index (χ4n) is 2.36. The number of hydrogen-bond donors (Lipinski definition) is 1. The summed E-state index contributed by atoms with van der Waals surface area (Å²) in [5.74, 6) is -0.150. The molecule has 1 aliphatic heterocycles. The number of halogens is 1. The van der Waals surface area contributed by atoms with E-state index in [-0.39, 0.29) is 24.0 Å². The van der Waals surface area contributed by atoms with Crippen molar-refractivity contribution >= 4 is 46.5 Å². The highest BCUT2D eigenvalue weighted by Crippen LogP contribution is 2.38. The minimum absolute atomic E-state index is 0.200. The molecule has 1 aromatic rings. The molecule has 1 aliphatic rings. The molecule has 0 aromatic heterocycles. The second-order valence-electron chi connectivity index (χ2n) is 5.75. The van der Waals surface area contributed by atoms with Crippen LogP contribution in [0.2, 0.25) is 5.02 Å². The van der Waals surface area contributed by atoms with Crippen LogP contribution in [0.1, 0.15) is 18.9 Å². The Balaban J connectivity index is 2.22. The van der Waals surface area contributed by atoms with Crippen LogP contribution in [0.25, 0.3) is 6.08 Å². The van der Waals surface area contributed by atoms with Gasteiger partial charge in [-0.05, 0) is 42.0 Å². The molecule has 0 spiro atoms. The fourth-order valence-corrected chi connectivity index (χ4v) is 3.47. The lowest BCUT2D eigenvalue weighted by Crippen LogP contribution is -2.39. The molecule has 28 heavy (non-hydrogen) atoms. The van der Waals surface area contributed by atoms with Crippen LogP contribution in [0.5, 0.6) is 11.5 Å². The Hall–Kier alpha value is -2.45. The van der Waals surface area contributed by atoms with Gasteiger partial charge in [-0.2, -0.15) is 0 Å². The van der Waals surface area contributed by atoms with E-state index in [2.05, 4.69) is 11.9 Å². The molecule has 7 nitrogen and oxygen atoms in total. The molecule has 150 valence electrons. The Morgan fingerprint density at radius 1 is 1.39 bits per heavy atom. The third-order valence-electron chi connectivity index (χ3n) is 3.64. The van der Waals surface area contributed by atoms with Gasteiger partial charge in [0.1, 0.15) is 13.2 Å². The van der Waals surface area contributed by atoms with Crippen LogP contribution in [0.3, 0.4) is 0 Å². The lowest BCUT2D eigenvalue weighted by Gasteiger charge is -2.12. The van der Waals surface area contributed by atoms with Crippen LogP contribution < -0.4 is 14.8 Å². The van der Waals surface area contributed by atoms with Crippen LogP contribution in [0.4, 0.5) is 4.79 Å². The van der Waals surface area contributed by atoms with E-state index < -0.39 is 11.1 Å². The molecule has 0 saturated carbocycles. The fraction of sp³-hybridized carbons (Fsp3) is 0.316. The zero-order chi connectivity index (χ0) is 20.7. The van der Waals surface area contributed by atoms with Crippen molar-refractivity contribution in [2.24, 2.45) is 0 Å². The van der Waals surface area contributed by atoms with E-state index in [0.717, 1.165) is 23.1 Å². The molecular formula is C19H21ClN2O5S. The van der Waals surface area contributed by atoms with Crippen LogP contribution in [-0.4, -0.2) is 48.8 Å². The summed E-state index contributed by atoms with van der Waals surface area (Å²) in [6, 6.07) is 3.25. The van der Waals surface area contributed by atoms with Gasteiger partial charge in [0.15, 0.2) is 11.5 Å². The highest BCUT2D eigenvalue weighted by Gasteiger charge is 2.36. The topological polar surface area (TPSA) is 84.9 Å². The average Bonchev–Trinajstić information content (AvgIpc) is 2.92. The Morgan fingerprint density at radius 2 is 2.14 bits per heavy atom. The maximum absolute atomic E-state index is 12.5. The zero-order valence-corrected chi connectivity index (χ0v) is 17.2. The van der Waals surface area contributed by atoms with E-state index in [9.17, 15) is 14.4 Å². The van der Waals surface area contributed by atoms with E-state index >= 15 is 0 Å². The van der Waals surface area contributed by atoms with E-state index in [4.69, 9.17) is 21.1 Å². The number of rotatable bonds is 9. The highest BCUT2D eigenvalue weighted by molar-refractivity contribution is 8.18. The second kappa shape index (κ2) is 10.2. The van der Waals surface area contributed by atoms with Gasteiger partial charge in [0.2, 0.25) is 5.91 Å². The molecule has 1 heterocycles. The number of amides is 3. The van der Waals surface area contributed by atoms with Crippen LogP contribution >= 0.6 is 23.4 Å². The Bertz CT molecular complexity index is 825. The van der Waals surface area contributed by atoms with E-state index in [1.54, 1.807) is 18.2 Å². The normalized spacial score (nSPS) is 15.1. The summed E-state index contributed by atoms with van der Waals surface area (Å²) in [6.07, 6.45) is 3.87. The minimum atomic E-state index is -0.524. The van der Waals surface area contributed by atoms with Gasteiger partial charge < -0.3 is 14.8 Å². The average molecular weight is 425 g/mol. The van der Waals surface area contributed by atoms with Gasteiger partial charge >= 0.3 is 0 Å².